The summed E-state index contributed by atoms with van der Waals surface area (Å²) >= 11 is 8.04. The Morgan fingerprint density at radius 2 is 2.05 bits per heavy atom. The van der Waals surface area contributed by atoms with Crippen molar-refractivity contribution in [1.82, 2.24) is 9.55 Å². The highest BCUT2D eigenvalue weighted by Crippen LogP contribution is 2.25. The number of thioether (sulfide) groups is 1. The number of aromatic nitrogens is 2. The van der Waals surface area contributed by atoms with Crippen LogP contribution < -0.4 is 5.73 Å². The van der Waals surface area contributed by atoms with Crippen LogP contribution in [0.5, 0.6) is 0 Å². The van der Waals surface area contributed by atoms with Crippen molar-refractivity contribution in [3.8, 4) is 0 Å². The minimum atomic E-state index is 0.562. The molecule has 2 N–H and O–H groups in total. The van der Waals surface area contributed by atoms with Crippen molar-refractivity contribution < 1.29 is 0 Å². The van der Waals surface area contributed by atoms with Crippen molar-refractivity contribution >= 4 is 40.3 Å². The van der Waals surface area contributed by atoms with Gasteiger partial charge in [-0.15, -0.1) is 0 Å². The summed E-state index contributed by atoms with van der Waals surface area (Å²) < 4.78 is 2.07. The molecule has 0 amide bonds. The first-order chi connectivity index (χ1) is 9.24. The van der Waals surface area contributed by atoms with Gasteiger partial charge in [-0.2, -0.15) is 11.8 Å². The molecule has 0 aliphatic heterocycles. The van der Waals surface area contributed by atoms with E-state index in [0.717, 1.165) is 24.0 Å². The van der Waals surface area contributed by atoms with Gasteiger partial charge in [-0.25, -0.2) is 4.98 Å². The van der Waals surface area contributed by atoms with Crippen LogP contribution in [0.25, 0.3) is 11.0 Å². The third-order valence-electron chi connectivity index (χ3n) is 3.24. The molecule has 1 aromatic heterocycles. The summed E-state index contributed by atoms with van der Waals surface area (Å²) in [6.07, 6.45) is 7.11. The second-order valence-corrected chi connectivity index (χ2v) is 6.03. The Balaban J connectivity index is 1.97. The van der Waals surface area contributed by atoms with Crippen LogP contribution in [0.15, 0.2) is 18.2 Å². The number of nitrogens with two attached hydrogens (primary N) is 1. The highest BCUT2D eigenvalue weighted by atomic mass is 35.5. The Bertz CT molecular complexity index is 539. The monoisotopic (exact) mass is 297 g/mol. The maximum absolute atomic E-state index is 6.13. The summed E-state index contributed by atoms with van der Waals surface area (Å²) in [6, 6.07) is 5.82. The molecule has 2 rings (SSSR count). The second-order valence-electron chi connectivity index (χ2n) is 4.64. The molecule has 0 aliphatic carbocycles. The smallest absolute Gasteiger partial charge is 0.201 e. The van der Waals surface area contributed by atoms with E-state index in [1.807, 2.05) is 30.0 Å². The van der Waals surface area contributed by atoms with E-state index in [4.69, 9.17) is 17.3 Å². The van der Waals surface area contributed by atoms with Gasteiger partial charge < -0.3 is 10.3 Å². The van der Waals surface area contributed by atoms with Gasteiger partial charge in [-0.05, 0) is 37.0 Å². The lowest BCUT2D eigenvalue weighted by molar-refractivity contribution is 0.597. The first-order valence-electron chi connectivity index (χ1n) is 6.63. The Labute approximate surface area is 123 Å². The van der Waals surface area contributed by atoms with Crippen LogP contribution in [0.3, 0.4) is 0 Å². The predicted molar refractivity (Wildman–Crippen MR) is 86.0 cm³/mol. The highest BCUT2D eigenvalue weighted by molar-refractivity contribution is 7.98. The normalized spacial score (nSPS) is 11.3. The fourth-order valence-electron chi connectivity index (χ4n) is 2.24. The van der Waals surface area contributed by atoms with Crippen LogP contribution in [-0.2, 0) is 6.54 Å². The molecule has 0 fully saturated rings. The van der Waals surface area contributed by atoms with Crippen LogP contribution in [0.4, 0.5) is 5.95 Å². The third kappa shape index (κ3) is 3.57. The topological polar surface area (TPSA) is 43.8 Å². The zero-order chi connectivity index (χ0) is 13.7. The van der Waals surface area contributed by atoms with Crippen molar-refractivity contribution in [3.05, 3.63) is 23.2 Å². The van der Waals surface area contributed by atoms with Gasteiger partial charge in [0, 0.05) is 6.54 Å². The average molecular weight is 298 g/mol. The van der Waals surface area contributed by atoms with Gasteiger partial charge in [0.2, 0.25) is 5.95 Å². The number of unbranched alkanes of at least 4 members (excludes halogenated alkanes) is 3. The third-order valence-corrected chi connectivity index (χ3v) is 4.24. The summed E-state index contributed by atoms with van der Waals surface area (Å²) in [5.41, 5.74) is 7.82. The van der Waals surface area contributed by atoms with E-state index in [1.54, 1.807) is 0 Å². The summed E-state index contributed by atoms with van der Waals surface area (Å²) in [5.74, 6) is 1.82. The largest absolute Gasteiger partial charge is 0.369 e. The molecule has 0 saturated heterocycles. The number of benzene rings is 1. The predicted octanol–water partition coefficient (Wildman–Crippen LogP) is 4.20. The molecule has 0 atom stereocenters. The molecule has 0 radical (unpaired) electrons. The molecular formula is C14H20ClN3S. The molecule has 3 nitrogen and oxygen atoms in total. The Morgan fingerprint density at radius 1 is 1.26 bits per heavy atom. The Kier molecular flexibility index (Phi) is 5.40. The lowest BCUT2D eigenvalue weighted by Gasteiger charge is -2.06. The molecule has 0 aliphatic rings. The number of para-hydroxylation sites is 1. The minimum Gasteiger partial charge on any atom is -0.369 e. The Morgan fingerprint density at radius 3 is 2.84 bits per heavy atom. The van der Waals surface area contributed by atoms with Crippen molar-refractivity contribution in [1.29, 1.82) is 0 Å². The summed E-state index contributed by atoms with van der Waals surface area (Å²) in [7, 11) is 0. The second kappa shape index (κ2) is 7.06. The number of imidazole rings is 1. The number of anilines is 1. The van der Waals surface area contributed by atoms with Crippen molar-refractivity contribution in [2.45, 2.75) is 32.2 Å². The standard InChI is InChI=1S/C14H20ClN3S/c1-19-10-5-3-2-4-9-18-12-8-6-7-11(15)13(12)17-14(18)16/h6-8H,2-5,9-10H2,1H3,(H2,16,17). The van der Waals surface area contributed by atoms with E-state index >= 15 is 0 Å². The molecule has 0 unspecified atom stereocenters. The number of nitrogen functional groups attached to an aromatic ring is 1. The number of halogens is 1. The van der Waals surface area contributed by atoms with Crippen LogP contribution in [0, 0.1) is 0 Å². The van der Waals surface area contributed by atoms with Crippen molar-refractivity contribution in [2.75, 3.05) is 17.7 Å². The quantitative estimate of drug-likeness (QED) is 0.779. The van der Waals surface area contributed by atoms with Gasteiger partial charge in [0.15, 0.2) is 0 Å². The van der Waals surface area contributed by atoms with E-state index < -0.39 is 0 Å². The van der Waals surface area contributed by atoms with Gasteiger partial charge in [0.05, 0.1) is 10.5 Å². The lowest BCUT2D eigenvalue weighted by atomic mass is 10.2. The first kappa shape index (κ1) is 14.5. The lowest BCUT2D eigenvalue weighted by Crippen LogP contribution is -2.03. The van der Waals surface area contributed by atoms with E-state index in [1.165, 1.54) is 25.0 Å². The van der Waals surface area contributed by atoms with Gasteiger partial charge in [-0.1, -0.05) is 30.5 Å². The van der Waals surface area contributed by atoms with Gasteiger partial charge in [0.25, 0.3) is 0 Å². The molecule has 0 spiro atoms. The van der Waals surface area contributed by atoms with E-state index in [9.17, 15) is 0 Å². The zero-order valence-corrected chi connectivity index (χ0v) is 12.8. The summed E-state index contributed by atoms with van der Waals surface area (Å²) in [4.78, 5) is 4.35. The van der Waals surface area contributed by atoms with E-state index in [0.29, 0.717) is 11.0 Å². The van der Waals surface area contributed by atoms with E-state index in [-0.39, 0.29) is 0 Å². The molecule has 0 saturated carbocycles. The summed E-state index contributed by atoms with van der Waals surface area (Å²) in [5, 5.41) is 0.669. The van der Waals surface area contributed by atoms with Gasteiger partial charge >= 0.3 is 0 Å². The minimum absolute atomic E-state index is 0.562. The van der Waals surface area contributed by atoms with Crippen LogP contribution in [0.1, 0.15) is 25.7 Å². The number of aryl methyl sites for hydroxylation is 1. The van der Waals surface area contributed by atoms with Crippen LogP contribution >= 0.6 is 23.4 Å². The van der Waals surface area contributed by atoms with Gasteiger partial charge in [0.1, 0.15) is 5.52 Å². The molecular weight excluding hydrogens is 278 g/mol. The van der Waals surface area contributed by atoms with Gasteiger partial charge in [-0.3, -0.25) is 0 Å². The number of hydrogen-bond acceptors (Lipinski definition) is 3. The maximum atomic E-state index is 6.13. The van der Waals surface area contributed by atoms with Crippen LogP contribution in [0.2, 0.25) is 5.02 Å². The van der Waals surface area contributed by atoms with Crippen LogP contribution in [-0.4, -0.2) is 21.6 Å². The highest BCUT2D eigenvalue weighted by Gasteiger charge is 2.09. The fourth-order valence-corrected chi connectivity index (χ4v) is 2.94. The molecule has 1 aromatic carbocycles. The molecule has 19 heavy (non-hydrogen) atoms. The number of hydrogen-bond donors (Lipinski definition) is 1. The SMILES string of the molecule is CSCCCCCCn1c(N)nc2c(Cl)cccc21. The first-order valence-corrected chi connectivity index (χ1v) is 8.40. The number of rotatable bonds is 7. The van der Waals surface area contributed by atoms with Crippen molar-refractivity contribution in [3.63, 3.8) is 0 Å². The molecule has 1 heterocycles. The number of fused-ring (bicyclic) bond motifs is 1. The molecule has 5 heteroatoms. The number of nitrogens with zero attached hydrogens (tertiary/aromatic N) is 2. The van der Waals surface area contributed by atoms with Crippen molar-refractivity contribution in [2.24, 2.45) is 0 Å². The summed E-state index contributed by atoms with van der Waals surface area (Å²) in [6.45, 7) is 0.919. The molecule has 0 bridgehead atoms. The molecule has 2 aromatic rings. The zero-order valence-electron chi connectivity index (χ0n) is 11.2. The molecule has 104 valence electrons. The Hall–Kier alpha value is -0.870. The van der Waals surface area contributed by atoms with E-state index in [2.05, 4.69) is 15.8 Å². The average Bonchev–Trinajstić information content (AvgIpc) is 2.72. The maximum Gasteiger partial charge on any atom is 0.201 e. The fraction of sp³-hybridized carbons (Fsp3) is 0.500.